The maximum absolute atomic E-state index is 5.94. The summed E-state index contributed by atoms with van der Waals surface area (Å²) in [5.74, 6) is 1.61. The maximum atomic E-state index is 5.94. The molecule has 2 rings (SSSR count). The second kappa shape index (κ2) is 5.85. The molecule has 1 heterocycles. The van der Waals surface area contributed by atoms with Gasteiger partial charge in [0, 0.05) is 6.04 Å². The highest BCUT2D eigenvalue weighted by Gasteiger charge is 2.06. The van der Waals surface area contributed by atoms with Crippen molar-refractivity contribution in [3.05, 3.63) is 53.3 Å². The highest BCUT2D eigenvalue weighted by atomic mass is 16.5. The van der Waals surface area contributed by atoms with E-state index in [0.29, 0.717) is 0 Å². The zero-order chi connectivity index (χ0) is 13.8. The molecule has 19 heavy (non-hydrogen) atoms. The Hall–Kier alpha value is -1.87. The van der Waals surface area contributed by atoms with Gasteiger partial charge in [-0.25, -0.2) is 0 Å². The van der Waals surface area contributed by atoms with Gasteiger partial charge in [-0.2, -0.15) is 0 Å². The SMILES string of the molecule is CCC(N)c1ccc(Oc2cccc(C)c2C)cn1. The lowest BCUT2D eigenvalue weighted by molar-refractivity contribution is 0.475. The third-order valence-corrected chi connectivity index (χ3v) is 3.36. The van der Waals surface area contributed by atoms with Crippen LogP contribution in [0.2, 0.25) is 0 Å². The van der Waals surface area contributed by atoms with Crippen LogP contribution in [-0.4, -0.2) is 4.98 Å². The van der Waals surface area contributed by atoms with Gasteiger partial charge >= 0.3 is 0 Å². The van der Waals surface area contributed by atoms with E-state index in [1.807, 2.05) is 31.2 Å². The molecule has 0 radical (unpaired) electrons. The molecule has 1 aromatic heterocycles. The smallest absolute Gasteiger partial charge is 0.145 e. The Morgan fingerprint density at radius 1 is 1.21 bits per heavy atom. The van der Waals surface area contributed by atoms with Crippen LogP contribution < -0.4 is 10.5 Å². The van der Waals surface area contributed by atoms with Gasteiger partial charge in [-0.05, 0) is 49.6 Å². The molecule has 0 fully saturated rings. The van der Waals surface area contributed by atoms with E-state index in [1.165, 1.54) is 5.56 Å². The van der Waals surface area contributed by atoms with Gasteiger partial charge in [0.25, 0.3) is 0 Å². The van der Waals surface area contributed by atoms with Crippen LogP contribution in [0.5, 0.6) is 11.5 Å². The largest absolute Gasteiger partial charge is 0.455 e. The zero-order valence-electron chi connectivity index (χ0n) is 11.7. The van der Waals surface area contributed by atoms with Crippen molar-refractivity contribution in [2.75, 3.05) is 0 Å². The van der Waals surface area contributed by atoms with Crippen LogP contribution in [0.4, 0.5) is 0 Å². The van der Waals surface area contributed by atoms with Crippen molar-refractivity contribution in [3.8, 4) is 11.5 Å². The molecular weight excluding hydrogens is 236 g/mol. The van der Waals surface area contributed by atoms with Crippen molar-refractivity contribution >= 4 is 0 Å². The fraction of sp³-hybridized carbons (Fsp3) is 0.312. The first-order valence-corrected chi connectivity index (χ1v) is 6.57. The monoisotopic (exact) mass is 256 g/mol. The molecule has 2 aromatic rings. The van der Waals surface area contributed by atoms with Gasteiger partial charge in [-0.15, -0.1) is 0 Å². The number of hydrogen-bond acceptors (Lipinski definition) is 3. The summed E-state index contributed by atoms with van der Waals surface area (Å²) in [6.07, 6.45) is 2.61. The number of ether oxygens (including phenoxy) is 1. The van der Waals surface area contributed by atoms with Crippen molar-refractivity contribution in [1.82, 2.24) is 4.98 Å². The summed E-state index contributed by atoms with van der Waals surface area (Å²) >= 11 is 0. The molecule has 1 atom stereocenters. The minimum atomic E-state index is -0.00486. The van der Waals surface area contributed by atoms with Gasteiger partial charge in [0.15, 0.2) is 0 Å². The van der Waals surface area contributed by atoms with Crippen LogP contribution in [-0.2, 0) is 0 Å². The second-order valence-electron chi connectivity index (χ2n) is 4.73. The van der Waals surface area contributed by atoms with E-state index >= 15 is 0 Å². The fourth-order valence-corrected chi connectivity index (χ4v) is 1.84. The topological polar surface area (TPSA) is 48.1 Å². The average Bonchev–Trinajstić information content (AvgIpc) is 2.44. The van der Waals surface area contributed by atoms with E-state index in [-0.39, 0.29) is 6.04 Å². The summed E-state index contributed by atoms with van der Waals surface area (Å²) in [6, 6.07) is 9.87. The highest BCUT2D eigenvalue weighted by Crippen LogP contribution is 2.26. The molecule has 0 saturated heterocycles. The van der Waals surface area contributed by atoms with Gasteiger partial charge in [-0.1, -0.05) is 19.1 Å². The van der Waals surface area contributed by atoms with E-state index in [1.54, 1.807) is 6.20 Å². The molecule has 0 spiro atoms. The van der Waals surface area contributed by atoms with Gasteiger partial charge in [0.05, 0.1) is 11.9 Å². The molecule has 0 saturated carbocycles. The minimum absolute atomic E-state index is 0.00486. The average molecular weight is 256 g/mol. The number of rotatable bonds is 4. The minimum Gasteiger partial charge on any atom is -0.455 e. The zero-order valence-corrected chi connectivity index (χ0v) is 11.7. The molecule has 0 aliphatic rings. The number of nitrogens with two attached hydrogens (primary N) is 1. The molecule has 0 aliphatic heterocycles. The summed E-state index contributed by atoms with van der Waals surface area (Å²) in [4.78, 5) is 4.35. The number of pyridine rings is 1. The fourth-order valence-electron chi connectivity index (χ4n) is 1.84. The van der Waals surface area contributed by atoms with Crippen LogP contribution in [0, 0.1) is 13.8 Å². The predicted octanol–water partition coefficient (Wildman–Crippen LogP) is 3.90. The van der Waals surface area contributed by atoms with Gasteiger partial charge in [0.2, 0.25) is 0 Å². The van der Waals surface area contributed by atoms with Crippen molar-refractivity contribution in [3.63, 3.8) is 0 Å². The number of nitrogens with zero attached hydrogens (tertiary/aromatic N) is 1. The normalized spacial score (nSPS) is 12.2. The number of aryl methyl sites for hydroxylation is 1. The Morgan fingerprint density at radius 2 is 2.00 bits per heavy atom. The first-order valence-electron chi connectivity index (χ1n) is 6.57. The molecular formula is C16H20N2O. The van der Waals surface area contributed by atoms with E-state index in [0.717, 1.165) is 29.2 Å². The van der Waals surface area contributed by atoms with Crippen LogP contribution >= 0.6 is 0 Å². The van der Waals surface area contributed by atoms with Gasteiger partial charge in [-0.3, -0.25) is 4.98 Å². The molecule has 3 nitrogen and oxygen atoms in total. The van der Waals surface area contributed by atoms with Crippen LogP contribution in [0.15, 0.2) is 36.5 Å². The molecule has 0 aliphatic carbocycles. The number of aromatic nitrogens is 1. The molecule has 100 valence electrons. The van der Waals surface area contributed by atoms with E-state index < -0.39 is 0 Å². The first kappa shape index (κ1) is 13.6. The third kappa shape index (κ3) is 3.12. The standard InChI is InChI=1S/C16H20N2O/c1-4-14(17)15-9-8-13(10-18-15)19-16-7-5-6-11(2)12(16)3/h5-10,14H,4,17H2,1-3H3. The van der Waals surface area contributed by atoms with Crippen molar-refractivity contribution in [1.29, 1.82) is 0 Å². The Kier molecular flexibility index (Phi) is 4.17. The summed E-state index contributed by atoms with van der Waals surface area (Å²) < 4.78 is 5.86. The van der Waals surface area contributed by atoms with Crippen LogP contribution in [0.1, 0.15) is 36.2 Å². The molecule has 1 unspecified atom stereocenters. The first-order chi connectivity index (χ1) is 9.11. The van der Waals surface area contributed by atoms with E-state index in [9.17, 15) is 0 Å². The van der Waals surface area contributed by atoms with E-state index in [2.05, 4.69) is 24.9 Å². The van der Waals surface area contributed by atoms with Crippen molar-refractivity contribution in [2.24, 2.45) is 5.73 Å². The molecule has 2 N–H and O–H groups in total. The lowest BCUT2D eigenvalue weighted by Crippen LogP contribution is -2.10. The summed E-state index contributed by atoms with van der Waals surface area (Å²) in [5, 5.41) is 0. The second-order valence-corrected chi connectivity index (χ2v) is 4.73. The van der Waals surface area contributed by atoms with E-state index in [4.69, 9.17) is 10.5 Å². The predicted molar refractivity (Wildman–Crippen MR) is 77.4 cm³/mol. The lowest BCUT2D eigenvalue weighted by atomic mass is 10.1. The third-order valence-electron chi connectivity index (χ3n) is 3.36. The number of hydrogen-bond donors (Lipinski definition) is 1. The van der Waals surface area contributed by atoms with Crippen LogP contribution in [0.3, 0.4) is 0 Å². The number of benzene rings is 1. The summed E-state index contributed by atoms with van der Waals surface area (Å²) in [6.45, 7) is 6.18. The Bertz CT molecular complexity index is 549. The Labute approximate surface area is 114 Å². The quantitative estimate of drug-likeness (QED) is 0.902. The Morgan fingerprint density at radius 3 is 2.63 bits per heavy atom. The van der Waals surface area contributed by atoms with Crippen LogP contribution in [0.25, 0.3) is 0 Å². The lowest BCUT2D eigenvalue weighted by Gasteiger charge is -2.12. The maximum Gasteiger partial charge on any atom is 0.145 e. The summed E-state index contributed by atoms with van der Waals surface area (Å²) in [7, 11) is 0. The van der Waals surface area contributed by atoms with Crippen molar-refractivity contribution < 1.29 is 4.74 Å². The molecule has 1 aromatic carbocycles. The Balaban J connectivity index is 2.18. The molecule has 0 amide bonds. The molecule has 0 bridgehead atoms. The van der Waals surface area contributed by atoms with Crippen molar-refractivity contribution in [2.45, 2.75) is 33.2 Å². The van der Waals surface area contributed by atoms with Gasteiger partial charge in [0.1, 0.15) is 11.5 Å². The molecule has 3 heteroatoms. The highest BCUT2D eigenvalue weighted by molar-refractivity contribution is 5.41. The summed E-state index contributed by atoms with van der Waals surface area (Å²) in [5.41, 5.74) is 9.20. The van der Waals surface area contributed by atoms with Gasteiger partial charge < -0.3 is 10.5 Å².